The van der Waals surface area contributed by atoms with Crippen molar-refractivity contribution in [3.05, 3.63) is 0 Å². The van der Waals surface area contributed by atoms with Gasteiger partial charge in [-0.15, -0.1) is 24.0 Å². The molecule has 2 unspecified atom stereocenters. The lowest BCUT2D eigenvalue weighted by Gasteiger charge is -2.37. The first-order valence-electron chi connectivity index (χ1n) is 8.89. The van der Waals surface area contributed by atoms with E-state index in [1.54, 1.807) is 0 Å². The minimum Gasteiger partial charge on any atom is -0.357 e. The van der Waals surface area contributed by atoms with Crippen LogP contribution in [0.4, 0.5) is 0 Å². The highest BCUT2D eigenvalue weighted by molar-refractivity contribution is 14.0. The van der Waals surface area contributed by atoms with E-state index in [1.807, 2.05) is 0 Å². The molecular weight excluding hydrogens is 401 g/mol. The molecule has 0 spiro atoms. The molecular formula is C17H36IN5. The number of nitrogens with one attached hydrogen (secondary N) is 1. The Morgan fingerprint density at radius 3 is 2.57 bits per heavy atom. The van der Waals surface area contributed by atoms with Gasteiger partial charge in [0.05, 0.1) is 6.54 Å². The molecule has 5 nitrogen and oxygen atoms in total. The normalized spacial score (nSPS) is 30.4. The monoisotopic (exact) mass is 437 g/mol. The van der Waals surface area contributed by atoms with Crippen molar-refractivity contribution >= 4 is 29.9 Å². The molecule has 0 saturated carbocycles. The van der Waals surface area contributed by atoms with E-state index in [2.05, 4.69) is 54.9 Å². The van der Waals surface area contributed by atoms with Crippen LogP contribution in [0.25, 0.3) is 0 Å². The van der Waals surface area contributed by atoms with E-state index in [9.17, 15) is 0 Å². The van der Waals surface area contributed by atoms with Gasteiger partial charge in [0.2, 0.25) is 0 Å². The molecule has 0 radical (unpaired) electrons. The Bertz CT molecular complexity index is 389. The SMILES string of the molecule is CCNC(=NCC1CN(C)CCN1C)N1CCC(C)(CC)C1.I. The Morgan fingerprint density at radius 2 is 1.96 bits per heavy atom. The number of hydrogen-bond donors (Lipinski definition) is 1. The molecule has 6 heteroatoms. The van der Waals surface area contributed by atoms with Crippen molar-refractivity contribution in [2.24, 2.45) is 10.4 Å². The zero-order chi connectivity index (χ0) is 16.2. The first kappa shape index (κ1) is 21.0. The Hall–Kier alpha value is -0.0800. The maximum absolute atomic E-state index is 4.97. The molecule has 0 bridgehead atoms. The summed E-state index contributed by atoms with van der Waals surface area (Å²) >= 11 is 0. The van der Waals surface area contributed by atoms with Gasteiger partial charge in [-0.05, 0) is 39.3 Å². The van der Waals surface area contributed by atoms with E-state index in [0.29, 0.717) is 11.5 Å². The fourth-order valence-corrected chi connectivity index (χ4v) is 3.41. The van der Waals surface area contributed by atoms with Crippen LogP contribution < -0.4 is 5.32 Å². The van der Waals surface area contributed by atoms with Crippen LogP contribution >= 0.6 is 24.0 Å². The summed E-state index contributed by atoms with van der Waals surface area (Å²) in [5.74, 6) is 1.11. The van der Waals surface area contributed by atoms with Gasteiger partial charge in [0.25, 0.3) is 0 Å². The number of likely N-dealkylation sites (tertiary alicyclic amines) is 1. The van der Waals surface area contributed by atoms with E-state index in [4.69, 9.17) is 4.99 Å². The van der Waals surface area contributed by atoms with Crippen molar-refractivity contribution in [2.45, 2.75) is 39.7 Å². The predicted molar refractivity (Wildman–Crippen MR) is 110 cm³/mol. The molecule has 0 aromatic rings. The van der Waals surface area contributed by atoms with Gasteiger partial charge in [0.1, 0.15) is 0 Å². The molecule has 136 valence electrons. The first-order valence-corrected chi connectivity index (χ1v) is 8.89. The zero-order valence-corrected chi connectivity index (χ0v) is 18.0. The van der Waals surface area contributed by atoms with E-state index < -0.39 is 0 Å². The molecule has 0 aromatic carbocycles. The second kappa shape index (κ2) is 9.42. The second-order valence-corrected chi connectivity index (χ2v) is 7.43. The van der Waals surface area contributed by atoms with E-state index in [0.717, 1.165) is 51.8 Å². The molecule has 2 aliphatic heterocycles. The van der Waals surface area contributed by atoms with E-state index >= 15 is 0 Å². The van der Waals surface area contributed by atoms with Gasteiger partial charge in [-0.3, -0.25) is 9.89 Å². The average molecular weight is 437 g/mol. The van der Waals surface area contributed by atoms with Crippen LogP contribution in [0.2, 0.25) is 0 Å². The van der Waals surface area contributed by atoms with Gasteiger partial charge in [-0.25, -0.2) is 0 Å². The Morgan fingerprint density at radius 1 is 1.22 bits per heavy atom. The van der Waals surface area contributed by atoms with Crippen LogP contribution in [-0.2, 0) is 0 Å². The van der Waals surface area contributed by atoms with Gasteiger partial charge in [-0.1, -0.05) is 13.8 Å². The van der Waals surface area contributed by atoms with E-state index in [1.165, 1.54) is 12.8 Å². The summed E-state index contributed by atoms with van der Waals surface area (Å²) in [6, 6.07) is 0.535. The molecule has 2 atom stereocenters. The van der Waals surface area contributed by atoms with Gasteiger partial charge in [-0.2, -0.15) is 0 Å². The summed E-state index contributed by atoms with van der Waals surface area (Å²) in [6.07, 6.45) is 2.53. The van der Waals surface area contributed by atoms with E-state index in [-0.39, 0.29) is 24.0 Å². The number of aliphatic imine (C=N–C) groups is 1. The molecule has 0 aromatic heterocycles. The lowest BCUT2D eigenvalue weighted by Crippen LogP contribution is -2.51. The molecule has 2 rings (SSSR count). The standard InChI is InChI=1S/C17H35N5.HI/c1-6-17(3)8-9-22(14-17)16(18-7-2)19-12-15-13-20(4)10-11-21(15)5;/h15H,6-14H2,1-5H3,(H,18,19);1H. The van der Waals surface area contributed by atoms with Gasteiger partial charge < -0.3 is 15.1 Å². The summed E-state index contributed by atoms with van der Waals surface area (Å²) < 4.78 is 0. The third kappa shape index (κ3) is 5.74. The zero-order valence-electron chi connectivity index (χ0n) is 15.6. The number of hydrogen-bond acceptors (Lipinski definition) is 3. The molecule has 0 aliphatic carbocycles. The number of rotatable bonds is 4. The van der Waals surface area contributed by atoms with Crippen molar-refractivity contribution in [3.63, 3.8) is 0 Å². The quantitative estimate of drug-likeness (QED) is 0.414. The number of halogens is 1. The van der Waals surface area contributed by atoms with Gasteiger partial charge in [0, 0.05) is 45.3 Å². The molecule has 23 heavy (non-hydrogen) atoms. The Kier molecular flexibility index (Phi) is 8.58. The lowest BCUT2D eigenvalue weighted by molar-refractivity contribution is 0.119. The van der Waals surface area contributed by atoms with Gasteiger partial charge >= 0.3 is 0 Å². The molecule has 1 N–H and O–H groups in total. The largest absolute Gasteiger partial charge is 0.357 e. The minimum absolute atomic E-state index is 0. The highest BCUT2D eigenvalue weighted by atomic mass is 127. The van der Waals surface area contributed by atoms with Crippen molar-refractivity contribution in [1.29, 1.82) is 0 Å². The fourth-order valence-electron chi connectivity index (χ4n) is 3.41. The predicted octanol–water partition coefficient (Wildman–Crippen LogP) is 1.94. The summed E-state index contributed by atoms with van der Waals surface area (Å²) in [4.78, 5) is 12.3. The third-order valence-corrected chi connectivity index (χ3v) is 5.48. The highest BCUT2D eigenvalue weighted by Crippen LogP contribution is 2.32. The maximum atomic E-state index is 4.97. The summed E-state index contributed by atoms with van der Waals surface area (Å²) in [5.41, 5.74) is 0.456. The summed E-state index contributed by atoms with van der Waals surface area (Å²) in [6.45, 7) is 14.4. The molecule has 2 fully saturated rings. The maximum Gasteiger partial charge on any atom is 0.193 e. The molecule has 2 saturated heterocycles. The van der Waals surface area contributed by atoms with Crippen molar-refractivity contribution in [2.75, 3.05) is 59.9 Å². The van der Waals surface area contributed by atoms with Crippen LogP contribution in [0.1, 0.15) is 33.6 Å². The Labute approximate surface area is 159 Å². The minimum atomic E-state index is 0. The Balaban J connectivity index is 0.00000264. The van der Waals surface area contributed by atoms with Crippen molar-refractivity contribution in [1.82, 2.24) is 20.0 Å². The topological polar surface area (TPSA) is 34.1 Å². The number of likely N-dealkylation sites (N-methyl/N-ethyl adjacent to an activating group) is 2. The van der Waals surface area contributed by atoms with Crippen molar-refractivity contribution < 1.29 is 0 Å². The van der Waals surface area contributed by atoms with Crippen LogP contribution in [-0.4, -0.2) is 86.6 Å². The van der Waals surface area contributed by atoms with Crippen LogP contribution in [0.3, 0.4) is 0 Å². The van der Waals surface area contributed by atoms with Crippen LogP contribution in [0.5, 0.6) is 0 Å². The lowest BCUT2D eigenvalue weighted by atomic mass is 9.87. The molecule has 0 amide bonds. The highest BCUT2D eigenvalue weighted by Gasteiger charge is 2.33. The molecule has 2 aliphatic rings. The third-order valence-electron chi connectivity index (χ3n) is 5.48. The number of piperazine rings is 1. The summed E-state index contributed by atoms with van der Waals surface area (Å²) in [7, 11) is 4.44. The first-order chi connectivity index (χ1) is 10.5. The fraction of sp³-hybridized carbons (Fsp3) is 0.941. The average Bonchev–Trinajstić information content (AvgIpc) is 2.90. The number of guanidine groups is 1. The van der Waals surface area contributed by atoms with Crippen LogP contribution in [0.15, 0.2) is 4.99 Å². The van der Waals surface area contributed by atoms with Gasteiger partial charge in [0.15, 0.2) is 5.96 Å². The van der Waals surface area contributed by atoms with Crippen LogP contribution in [0, 0.1) is 5.41 Å². The second-order valence-electron chi connectivity index (χ2n) is 7.43. The van der Waals surface area contributed by atoms with Crippen molar-refractivity contribution in [3.8, 4) is 0 Å². The summed E-state index contributed by atoms with van der Waals surface area (Å²) in [5, 5.41) is 3.50. The molecule has 2 heterocycles. The number of nitrogens with zero attached hydrogens (tertiary/aromatic N) is 4. The smallest absolute Gasteiger partial charge is 0.193 e.